The smallest absolute Gasteiger partial charge is 0.290 e. The number of nitrogens with zero attached hydrogens (tertiary/aromatic N) is 1. The average molecular weight is 239 g/mol. The molecule has 1 aromatic carbocycles. The van der Waals surface area contributed by atoms with E-state index in [0.717, 1.165) is 5.56 Å². The van der Waals surface area contributed by atoms with Crippen LogP contribution in [0.4, 0.5) is 0 Å². The zero-order chi connectivity index (χ0) is 12.3. The van der Waals surface area contributed by atoms with Crippen molar-refractivity contribution in [2.75, 3.05) is 19.8 Å². The molecule has 0 saturated carbocycles. The fraction of sp³-hybridized carbons (Fsp3) is 0.455. The second-order valence-electron chi connectivity index (χ2n) is 4.00. The first kappa shape index (κ1) is 12.0. The SMILES string of the molecule is O=[N+]([O-])C1(CO)COC(c2ccccc2)OC1. The molecule has 0 aromatic heterocycles. The molecular weight excluding hydrogens is 226 g/mol. The second-order valence-corrected chi connectivity index (χ2v) is 4.00. The summed E-state index contributed by atoms with van der Waals surface area (Å²) in [4.78, 5) is 10.3. The number of nitro groups is 1. The van der Waals surface area contributed by atoms with Crippen LogP contribution in [-0.2, 0) is 9.47 Å². The lowest BCUT2D eigenvalue weighted by Crippen LogP contribution is -2.54. The van der Waals surface area contributed by atoms with Crippen molar-refractivity contribution in [2.24, 2.45) is 0 Å². The van der Waals surface area contributed by atoms with Crippen molar-refractivity contribution in [3.8, 4) is 0 Å². The highest BCUT2D eigenvalue weighted by Gasteiger charge is 2.48. The summed E-state index contributed by atoms with van der Waals surface area (Å²) in [6, 6.07) is 9.18. The van der Waals surface area contributed by atoms with Crippen molar-refractivity contribution in [3.63, 3.8) is 0 Å². The Hall–Kier alpha value is -1.50. The van der Waals surface area contributed by atoms with Crippen LogP contribution in [0.1, 0.15) is 11.9 Å². The van der Waals surface area contributed by atoms with E-state index in [4.69, 9.17) is 14.6 Å². The molecule has 1 aromatic rings. The lowest BCUT2D eigenvalue weighted by atomic mass is 10.0. The van der Waals surface area contributed by atoms with Gasteiger partial charge >= 0.3 is 0 Å². The summed E-state index contributed by atoms with van der Waals surface area (Å²) in [5.74, 6) is 0. The Morgan fingerprint density at radius 1 is 1.35 bits per heavy atom. The van der Waals surface area contributed by atoms with Gasteiger partial charge in [-0.15, -0.1) is 0 Å². The topological polar surface area (TPSA) is 81.8 Å². The van der Waals surface area contributed by atoms with E-state index in [2.05, 4.69) is 0 Å². The van der Waals surface area contributed by atoms with Crippen LogP contribution in [0.25, 0.3) is 0 Å². The summed E-state index contributed by atoms with van der Waals surface area (Å²) in [6.07, 6.45) is -0.601. The van der Waals surface area contributed by atoms with Gasteiger partial charge in [-0.3, -0.25) is 10.1 Å². The zero-order valence-electron chi connectivity index (χ0n) is 9.11. The normalized spacial score (nSPS) is 28.9. The van der Waals surface area contributed by atoms with Crippen LogP contribution in [0, 0.1) is 10.1 Å². The number of benzene rings is 1. The molecule has 0 atom stereocenters. The van der Waals surface area contributed by atoms with Gasteiger partial charge in [-0.2, -0.15) is 0 Å². The summed E-state index contributed by atoms with van der Waals surface area (Å²) in [6.45, 7) is -0.909. The Morgan fingerprint density at radius 3 is 2.41 bits per heavy atom. The third-order valence-electron chi connectivity index (χ3n) is 2.76. The number of hydrogen-bond donors (Lipinski definition) is 1. The Morgan fingerprint density at radius 2 is 1.94 bits per heavy atom. The van der Waals surface area contributed by atoms with Gasteiger partial charge in [-0.05, 0) is 0 Å². The average Bonchev–Trinajstić information content (AvgIpc) is 2.39. The predicted molar refractivity (Wildman–Crippen MR) is 57.9 cm³/mol. The van der Waals surface area contributed by atoms with Crippen molar-refractivity contribution < 1.29 is 19.5 Å². The molecule has 0 spiro atoms. The summed E-state index contributed by atoms with van der Waals surface area (Å²) < 4.78 is 10.6. The minimum absolute atomic E-state index is 0.157. The molecule has 1 aliphatic heterocycles. The standard InChI is InChI=1S/C11H13NO5/c13-6-11(12(14)15)7-16-10(17-8-11)9-4-2-1-3-5-9/h1-5,10,13H,6-8H2. The van der Waals surface area contributed by atoms with Crippen molar-refractivity contribution in [1.82, 2.24) is 0 Å². The van der Waals surface area contributed by atoms with Gasteiger partial charge in [0.15, 0.2) is 6.29 Å². The van der Waals surface area contributed by atoms with E-state index in [-0.39, 0.29) is 13.2 Å². The van der Waals surface area contributed by atoms with Gasteiger partial charge in [-0.25, -0.2) is 0 Å². The largest absolute Gasteiger partial charge is 0.389 e. The third-order valence-corrected chi connectivity index (χ3v) is 2.76. The van der Waals surface area contributed by atoms with Crippen molar-refractivity contribution in [3.05, 3.63) is 46.0 Å². The molecule has 0 amide bonds. The Bertz CT molecular complexity index is 386. The molecule has 0 aliphatic carbocycles. The number of aliphatic hydroxyl groups excluding tert-OH is 1. The zero-order valence-corrected chi connectivity index (χ0v) is 9.11. The lowest BCUT2D eigenvalue weighted by molar-refractivity contribution is -0.595. The number of aliphatic hydroxyl groups is 1. The van der Waals surface area contributed by atoms with Crippen LogP contribution >= 0.6 is 0 Å². The third kappa shape index (κ3) is 2.28. The van der Waals surface area contributed by atoms with Crippen LogP contribution in [0.5, 0.6) is 0 Å². The van der Waals surface area contributed by atoms with Crippen LogP contribution in [0.3, 0.4) is 0 Å². The van der Waals surface area contributed by atoms with Gasteiger partial charge in [0, 0.05) is 10.5 Å². The van der Waals surface area contributed by atoms with Gasteiger partial charge in [0.2, 0.25) is 0 Å². The van der Waals surface area contributed by atoms with E-state index in [1.165, 1.54) is 0 Å². The van der Waals surface area contributed by atoms with Crippen molar-refractivity contribution in [1.29, 1.82) is 0 Å². The van der Waals surface area contributed by atoms with E-state index in [1.807, 2.05) is 30.3 Å². The summed E-state index contributed by atoms with van der Waals surface area (Å²) in [7, 11) is 0. The van der Waals surface area contributed by atoms with Crippen LogP contribution in [0.2, 0.25) is 0 Å². The number of hydrogen-bond acceptors (Lipinski definition) is 5. The van der Waals surface area contributed by atoms with Gasteiger partial charge in [0.1, 0.15) is 19.8 Å². The molecule has 92 valence electrons. The highest BCUT2D eigenvalue weighted by atomic mass is 16.7. The Labute approximate surface area is 97.9 Å². The number of rotatable bonds is 3. The van der Waals surface area contributed by atoms with E-state index in [0.29, 0.717) is 0 Å². The van der Waals surface area contributed by atoms with Crippen LogP contribution < -0.4 is 0 Å². The molecule has 0 bridgehead atoms. The maximum absolute atomic E-state index is 10.8. The molecule has 0 unspecified atom stereocenters. The molecule has 6 nitrogen and oxygen atoms in total. The summed E-state index contributed by atoms with van der Waals surface area (Å²) in [5.41, 5.74) is -0.729. The van der Waals surface area contributed by atoms with Gasteiger partial charge in [0.05, 0.1) is 0 Å². The van der Waals surface area contributed by atoms with Crippen LogP contribution in [0.15, 0.2) is 30.3 Å². The Balaban J connectivity index is 2.05. The molecule has 1 heterocycles. The monoisotopic (exact) mass is 239 g/mol. The van der Waals surface area contributed by atoms with Crippen molar-refractivity contribution >= 4 is 0 Å². The van der Waals surface area contributed by atoms with E-state index in [9.17, 15) is 10.1 Å². The van der Waals surface area contributed by atoms with Crippen molar-refractivity contribution in [2.45, 2.75) is 11.8 Å². The minimum atomic E-state index is -1.54. The predicted octanol–water partition coefficient (Wildman–Crippen LogP) is 0.740. The maximum atomic E-state index is 10.8. The quantitative estimate of drug-likeness (QED) is 0.621. The molecule has 1 aliphatic rings. The highest BCUT2D eigenvalue weighted by molar-refractivity contribution is 5.16. The van der Waals surface area contributed by atoms with Gasteiger partial charge < -0.3 is 14.6 Å². The molecule has 1 saturated heterocycles. The van der Waals surface area contributed by atoms with Gasteiger partial charge in [0.25, 0.3) is 5.54 Å². The first-order chi connectivity index (χ1) is 8.18. The number of ether oxygens (including phenoxy) is 2. The minimum Gasteiger partial charge on any atom is -0.389 e. The molecule has 17 heavy (non-hydrogen) atoms. The van der Waals surface area contributed by atoms with E-state index < -0.39 is 23.4 Å². The molecule has 1 fully saturated rings. The fourth-order valence-electron chi connectivity index (χ4n) is 1.61. The second kappa shape index (κ2) is 4.79. The lowest BCUT2D eigenvalue weighted by Gasteiger charge is -2.32. The summed E-state index contributed by atoms with van der Waals surface area (Å²) >= 11 is 0. The first-order valence-electron chi connectivity index (χ1n) is 5.21. The highest BCUT2D eigenvalue weighted by Crippen LogP contribution is 2.28. The molecule has 2 rings (SSSR count). The Kier molecular flexibility index (Phi) is 3.37. The first-order valence-corrected chi connectivity index (χ1v) is 5.21. The molecule has 0 radical (unpaired) electrons. The van der Waals surface area contributed by atoms with Crippen LogP contribution in [-0.4, -0.2) is 35.4 Å². The van der Waals surface area contributed by atoms with E-state index in [1.54, 1.807) is 0 Å². The van der Waals surface area contributed by atoms with E-state index >= 15 is 0 Å². The summed E-state index contributed by atoms with van der Waals surface area (Å²) in [5, 5.41) is 19.9. The fourth-order valence-corrected chi connectivity index (χ4v) is 1.61. The molecule has 6 heteroatoms. The van der Waals surface area contributed by atoms with Gasteiger partial charge in [-0.1, -0.05) is 30.3 Å². The molecular formula is C11H13NO5. The maximum Gasteiger partial charge on any atom is 0.290 e. The molecule has 1 N–H and O–H groups in total.